The van der Waals surface area contributed by atoms with Gasteiger partial charge in [0.25, 0.3) is 5.56 Å². The number of esters is 1. The standard InChI is InChI=1S/C34H26N4O4S/c1-2-42-33(41)29-30(22-12-6-3-7-13-22)35-34-38(31(29)23-14-8-4-9-15-23)32(40)28(43-34)21-24-20-26(18-19-27(24)39)37-36-25-16-10-5-11-17-25/h3-21,31,39H,2H2,1H3/b28-21-,37-36?/t31-/m1/s1. The molecule has 0 amide bonds. The van der Waals surface area contributed by atoms with Crippen molar-refractivity contribution < 1.29 is 14.6 Å². The van der Waals surface area contributed by atoms with E-state index >= 15 is 0 Å². The van der Waals surface area contributed by atoms with Crippen LogP contribution in [0.2, 0.25) is 0 Å². The first-order valence-electron chi connectivity index (χ1n) is 13.7. The fourth-order valence-corrected chi connectivity index (χ4v) is 5.85. The number of carbonyl (C=O) groups excluding carboxylic acids is 1. The molecule has 0 unspecified atom stereocenters. The Kier molecular flexibility index (Phi) is 7.88. The minimum atomic E-state index is -0.770. The number of phenols is 1. The van der Waals surface area contributed by atoms with Gasteiger partial charge in [-0.3, -0.25) is 9.36 Å². The number of phenolic OH excluding ortho intramolecular Hbond substituents is 1. The van der Waals surface area contributed by atoms with Crippen molar-refractivity contribution in [2.45, 2.75) is 13.0 Å². The van der Waals surface area contributed by atoms with E-state index in [1.54, 1.807) is 25.1 Å². The number of aromatic hydroxyl groups is 1. The second-order valence-electron chi connectivity index (χ2n) is 9.62. The van der Waals surface area contributed by atoms with E-state index in [4.69, 9.17) is 9.73 Å². The average Bonchev–Trinajstić information content (AvgIpc) is 3.36. The van der Waals surface area contributed by atoms with Crippen LogP contribution in [0.1, 0.15) is 29.7 Å². The van der Waals surface area contributed by atoms with E-state index in [9.17, 15) is 14.7 Å². The van der Waals surface area contributed by atoms with Crippen LogP contribution in [0.25, 0.3) is 11.8 Å². The molecule has 8 nitrogen and oxygen atoms in total. The Labute approximate surface area is 250 Å². The monoisotopic (exact) mass is 586 g/mol. The van der Waals surface area contributed by atoms with Crippen LogP contribution in [0.4, 0.5) is 11.4 Å². The molecule has 1 aliphatic heterocycles. The number of rotatable bonds is 7. The van der Waals surface area contributed by atoms with Gasteiger partial charge in [-0.2, -0.15) is 10.2 Å². The van der Waals surface area contributed by atoms with Crippen LogP contribution in [0.3, 0.4) is 0 Å². The SMILES string of the molecule is CCOC(=O)C1=C(c2ccccc2)N=c2s/c(=C\c3cc(N=Nc4ccccc4)ccc3O)c(=O)n2[C@@H]1c1ccccc1. The maximum atomic E-state index is 14.1. The van der Waals surface area contributed by atoms with Crippen LogP contribution in [0, 0.1) is 0 Å². The first-order chi connectivity index (χ1) is 21.0. The zero-order valence-electron chi connectivity index (χ0n) is 23.1. The predicted molar refractivity (Wildman–Crippen MR) is 166 cm³/mol. The summed E-state index contributed by atoms with van der Waals surface area (Å²) in [6, 6.07) is 32.1. The van der Waals surface area contributed by atoms with E-state index in [2.05, 4.69) is 10.2 Å². The molecule has 0 spiro atoms. The molecule has 9 heteroatoms. The molecule has 2 heterocycles. The van der Waals surface area contributed by atoms with Crippen LogP contribution in [-0.2, 0) is 9.53 Å². The van der Waals surface area contributed by atoms with Crippen LogP contribution in [0.5, 0.6) is 5.75 Å². The molecule has 1 aromatic heterocycles. The summed E-state index contributed by atoms with van der Waals surface area (Å²) >= 11 is 1.18. The van der Waals surface area contributed by atoms with E-state index in [-0.39, 0.29) is 23.5 Å². The number of nitrogens with zero attached hydrogens (tertiary/aromatic N) is 4. The van der Waals surface area contributed by atoms with Gasteiger partial charge in [0, 0.05) is 11.1 Å². The van der Waals surface area contributed by atoms with Crippen molar-refractivity contribution in [3.8, 4) is 5.75 Å². The second kappa shape index (κ2) is 12.2. The lowest BCUT2D eigenvalue weighted by Crippen LogP contribution is -2.39. The number of benzene rings is 4. The molecule has 4 aromatic carbocycles. The minimum Gasteiger partial charge on any atom is -0.507 e. The Bertz CT molecular complexity index is 2030. The van der Waals surface area contributed by atoms with Crippen LogP contribution in [-0.4, -0.2) is 22.2 Å². The third-order valence-electron chi connectivity index (χ3n) is 6.82. The lowest BCUT2D eigenvalue weighted by atomic mass is 9.93. The normalized spacial score (nSPS) is 14.9. The highest BCUT2D eigenvalue weighted by Gasteiger charge is 2.35. The van der Waals surface area contributed by atoms with Gasteiger partial charge in [0.15, 0.2) is 4.80 Å². The summed E-state index contributed by atoms with van der Waals surface area (Å²) in [5, 5.41) is 19.2. The smallest absolute Gasteiger partial charge is 0.338 e. The summed E-state index contributed by atoms with van der Waals surface area (Å²) in [6.07, 6.45) is 1.61. The maximum absolute atomic E-state index is 14.1. The van der Waals surface area contributed by atoms with Crippen molar-refractivity contribution in [2.24, 2.45) is 15.2 Å². The van der Waals surface area contributed by atoms with E-state index in [1.165, 1.54) is 22.0 Å². The number of thiazole rings is 1. The number of aromatic nitrogens is 1. The first-order valence-corrected chi connectivity index (χ1v) is 14.5. The van der Waals surface area contributed by atoms with Crippen LogP contribution in [0.15, 0.2) is 135 Å². The van der Waals surface area contributed by atoms with Gasteiger partial charge < -0.3 is 9.84 Å². The fraction of sp³-hybridized carbons (Fsp3) is 0.0882. The minimum absolute atomic E-state index is 0.0127. The predicted octanol–water partition coefficient (Wildman–Crippen LogP) is 6.06. The molecule has 0 radical (unpaired) electrons. The van der Waals surface area contributed by atoms with E-state index in [0.717, 1.165) is 11.1 Å². The topological polar surface area (TPSA) is 106 Å². The molecule has 212 valence electrons. The zero-order chi connectivity index (χ0) is 29.8. The van der Waals surface area contributed by atoms with Crippen molar-refractivity contribution in [3.63, 3.8) is 0 Å². The number of azo groups is 1. The third kappa shape index (κ3) is 5.71. The fourth-order valence-electron chi connectivity index (χ4n) is 4.86. The van der Waals surface area contributed by atoms with Crippen molar-refractivity contribution in [3.05, 3.63) is 151 Å². The van der Waals surface area contributed by atoms with Gasteiger partial charge >= 0.3 is 5.97 Å². The molecule has 0 saturated carbocycles. The molecular weight excluding hydrogens is 560 g/mol. The van der Waals surface area contributed by atoms with E-state index < -0.39 is 12.0 Å². The molecule has 0 bridgehead atoms. The van der Waals surface area contributed by atoms with Crippen molar-refractivity contribution in [2.75, 3.05) is 6.61 Å². The molecule has 0 fully saturated rings. The van der Waals surface area contributed by atoms with E-state index in [0.29, 0.717) is 32.0 Å². The maximum Gasteiger partial charge on any atom is 0.338 e. The van der Waals surface area contributed by atoms with Gasteiger partial charge in [0.1, 0.15) is 5.75 Å². The van der Waals surface area contributed by atoms with Gasteiger partial charge in [0.05, 0.1) is 39.8 Å². The summed E-state index contributed by atoms with van der Waals surface area (Å²) in [5.74, 6) is -0.552. The number of ether oxygens (including phenoxy) is 1. The molecule has 0 saturated heterocycles. The Hall–Kier alpha value is -5.41. The molecule has 1 N–H and O–H groups in total. The van der Waals surface area contributed by atoms with Crippen molar-refractivity contribution >= 4 is 40.5 Å². The molecule has 5 aromatic rings. The molecule has 43 heavy (non-hydrogen) atoms. The highest BCUT2D eigenvalue weighted by Crippen LogP contribution is 2.35. The average molecular weight is 587 g/mol. The summed E-state index contributed by atoms with van der Waals surface area (Å²) in [4.78, 5) is 32.9. The van der Waals surface area contributed by atoms with Gasteiger partial charge in [0.2, 0.25) is 0 Å². The summed E-state index contributed by atoms with van der Waals surface area (Å²) in [6.45, 7) is 1.92. The quantitative estimate of drug-likeness (QED) is 0.185. The number of fused-ring (bicyclic) bond motifs is 1. The largest absolute Gasteiger partial charge is 0.507 e. The number of carbonyl (C=O) groups is 1. The lowest BCUT2D eigenvalue weighted by Gasteiger charge is -2.25. The van der Waals surface area contributed by atoms with Crippen LogP contribution >= 0.6 is 11.3 Å². The van der Waals surface area contributed by atoms with Crippen molar-refractivity contribution in [1.82, 2.24) is 4.57 Å². The zero-order valence-corrected chi connectivity index (χ0v) is 23.9. The molecule has 1 aliphatic rings. The highest BCUT2D eigenvalue weighted by atomic mass is 32.1. The van der Waals surface area contributed by atoms with Gasteiger partial charge in [-0.15, -0.1) is 0 Å². The number of hydrogen-bond donors (Lipinski definition) is 1. The molecule has 6 rings (SSSR count). The Morgan fingerprint density at radius 2 is 1.58 bits per heavy atom. The number of hydrogen-bond acceptors (Lipinski definition) is 8. The Balaban J connectivity index is 1.54. The summed E-state index contributed by atoms with van der Waals surface area (Å²) in [7, 11) is 0. The van der Waals surface area contributed by atoms with Crippen LogP contribution < -0.4 is 14.9 Å². The highest BCUT2D eigenvalue weighted by molar-refractivity contribution is 7.07. The molecule has 1 atom stereocenters. The molecular formula is C34H26N4O4S. The first kappa shape index (κ1) is 27.7. The van der Waals surface area contributed by atoms with Gasteiger partial charge in [-0.05, 0) is 48.9 Å². The molecule has 0 aliphatic carbocycles. The van der Waals surface area contributed by atoms with Gasteiger partial charge in [-0.25, -0.2) is 9.79 Å². The van der Waals surface area contributed by atoms with Gasteiger partial charge in [-0.1, -0.05) is 90.2 Å². The Morgan fingerprint density at radius 1 is 0.930 bits per heavy atom. The summed E-state index contributed by atoms with van der Waals surface area (Å²) < 4.78 is 7.36. The second-order valence-corrected chi connectivity index (χ2v) is 10.6. The summed E-state index contributed by atoms with van der Waals surface area (Å²) in [5.41, 5.74) is 3.47. The lowest BCUT2D eigenvalue weighted by molar-refractivity contribution is -0.138. The Morgan fingerprint density at radius 3 is 2.28 bits per heavy atom. The van der Waals surface area contributed by atoms with E-state index in [1.807, 2.05) is 91.0 Å². The third-order valence-corrected chi connectivity index (χ3v) is 7.81. The van der Waals surface area contributed by atoms with Crippen molar-refractivity contribution in [1.29, 1.82) is 0 Å².